The van der Waals surface area contributed by atoms with Crippen molar-refractivity contribution in [1.29, 1.82) is 0 Å². The van der Waals surface area contributed by atoms with Crippen molar-refractivity contribution in [2.75, 3.05) is 7.11 Å². The maximum Gasteiger partial charge on any atom is 0.224 e. The van der Waals surface area contributed by atoms with Gasteiger partial charge < -0.3 is 10.1 Å². The molecule has 172 valence electrons. The lowest BCUT2D eigenvalue weighted by atomic mass is 9.86. The molecule has 0 spiro atoms. The molecule has 3 rings (SSSR count). The van der Waals surface area contributed by atoms with E-state index < -0.39 is 21.2 Å². The van der Waals surface area contributed by atoms with Gasteiger partial charge in [0.15, 0.2) is 0 Å². The normalized spacial score (nSPS) is 38.0. The van der Waals surface area contributed by atoms with E-state index in [0.717, 1.165) is 44.9 Å². The SMILES string of the molecule is COC1CCC(NS(=O)(=O)C2CCC(Cl)C(C(=O)NC3CCCC(N=O)C3)C2)CC1. The van der Waals surface area contributed by atoms with E-state index in [0.29, 0.717) is 19.3 Å². The van der Waals surface area contributed by atoms with Gasteiger partial charge in [-0.15, -0.1) is 11.6 Å². The highest BCUT2D eigenvalue weighted by Crippen LogP contribution is 2.34. The van der Waals surface area contributed by atoms with Crippen molar-refractivity contribution < 1.29 is 17.9 Å². The second kappa shape index (κ2) is 10.7. The molecule has 5 unspecified atom stereocenters. The Bertz CT molecular complexity index is 699. The zero-order valence-electron chi connectivity index (χ0n) is 17.6. The van der Waals surface area contributed by atoms with Crippen LogP contribution in [0.2, 0.25) is 0 Å². The van der Waals surface area contributed by atoms with Gasteiger partial charge in [-0.2, -0.15) is 4.91 Å². The smallest absolute Gasteiger partial charge is 0.224 e. The van der Waals surface area contributed by atoms with Crippen molar-refractivity contribution in [3.63, 3.8) is 0 Å². The van der Waals surface area contributed by atoms with E-state index in [1.807, 2.05) is 0 Å². The van der Waals surface area contributed by atoms with Crippen LogP contribution in [0.15, 0.2) is 5.18 Å². The lowest BCUT2D eigenvalue weighted by molar-refractivity contribution is -0.126. The van der Waals surface area contributed by atoms with Crippen LogP contribution in [0.3, 0.4) is 0 Å². The maximum atomic E-state index is 13.0. The van der Waals surface area contributed by atoms with Crippen LogP contribution in [-0.2, 0) is 19.6 Å². The van der Waals surface area contributed by atoms with Crippen molar-refractivity contribution >= 4 is 27.5 Å². The highest BCUT2D eigenvalue weighted by Gasteiger charge is 2.41. The average Bonchev–Trinajstić information content (AvgIpc) is 2.74. The number of sulfonamides is 1. The molecule has 30 heavy (non-hydrogen) atoms. The number of alkyl halides is 1. The average molecular weight is 464 g/mol. The van der Waals surface area contributed by atoms with Crippen LogP contribution in [0.25, 0.3) is 0 Å². The Morgan fingerprint density at radius 3 is 2.40 bits per heavy atom. The molecule has 3 saturated carbocycles. The number of hydrogen-bond acceptors (Lipinski definition) is 6. The third-order valence-electron chi connectivity index (χ3n) is 6.97. The Kier molecular flexibility index (Phi) is 8.52. The fourth-order valence-corrected chi connectivity index (χ4v) is 7.24. The van der Waals surface area contributed by atoms with Gasteiger partial charge in [0.1, 0.15) is 0 Å². The third-order valence-corrected chi connectivity index (χ3v) is 9.46. The first-order chi connectivity index (χ1) is 14.3. The number of hydrogen-bond donors (Lipinski definition) is 2. The summed E-state index contributed by atoms with van der Waals surface area (Å²) in [6, 6.07) is -0.422. The van der Waals surface area contributed by atoms with Gasteiger partial charge in [0.25, 0.3) is 0 Å². The number of methoxy groups -OCH3 is 1. The monoisotopic (exact) mass is 463 g/mol. The van der Waals surface area contributed by atoms with Crippen LogP contribution in [0.5, 0.6) is 0 Å². The summed E-state index contributed by atoms with van der Waals surface area (Å²) in [6.07, 6.45) is 7.57. The largest absolute Gasteiger partial charge is 0.381 e. The highest BCUT2D eigenvalue weighted by atomic mass is 35.5. The first-order valence-corrected chi connectivity index (χ1v) is 13.1. The standard InChI is InChI=1S/C20H34ClN3O5S/c1-29-16-7-5-13(6-8-16)24-30(27,28)17-9-10-19(21)18(12-17)20(25)22-14-3-2-4-15(11-14)23-26/h13-19,24H,2-12H2,1H3,(H,22,25). The number of rotatable bonds is 7. The van der Waals surface area contributed by atoms with Crippen LogP contribution in [0, 0.1) is 10.8 Å². The second-order valence-electron chi connectivity index (χ2n) is 9.06. The van der Waals surface area contributed by atoms with Crippen molar-refractivity contribution in [3.8, 4) is 0 Å². The Morgan fingerprint density at radius 1 is 1.00 bits per heavy atom. The number of amides is 1. The number of nitroso groups, excluding NO2 is 1. The summed E-state index contributed by atoms with van der Waals surface area (Å²) < 4.78 is 34.2. The molecule has 1 amide bonds. The quantitative estimate of drug-likeness (QED) is 0.445. The summed E-state index contributed by atoms with van der Waals surface area (Å²) in [5.74, 6) is -0.747. The number of halogens is 1. The van der Waals surface area contributed by atoms with Gasteiger partial charge in [0, 0.05) is 24.6 Å². The van der Waals surface area contributed by atoms with E-state index in [1.165, 1.54) is 0 Å². The second-order valence-corrected chi connectivity index (χ2v) is 11.6. The van der Waals surface area contributed by atoms with Gasteiger partial charge in [0.05, 0.1) is 23.3 Å². The van der Waals surface area contributed by atoms with E-state index in [2.05, 4.69) is 15.2 Å². The highest BCUT2D eigenvalue weighted by molar-refractivity contribution is 7.90. The first-order valence-electron chi connectivity index (χ1n) is 11.1. The van der Waals surface area contributed by atoms with Crippen LogP contribution < -0.4 is 10.0 Å². The maximum absolute atomic E-state index is 13.0. The Balaban J connectivity index is 1.56. The predicted molar refractivity (Wildman–Crippen MR) is 116 cm³/mol. The molecule has 0 bridgehead atoms. The zero-order valence-corrected chi connectivity index (χ0v) is 19.2. The van der Waals surface area contributed by atoms with Crippen molar-refractivity contribution in [2.45, 2.75) is 105 Å². The molecule has 0 aliphatic heterocycles. The van der Waals surface area contributed by atoms with Crippen LogP contribution in [-0.4, -0.2) is 56.3 Å². The molecular formula is C20H34ClN3O5S. The van der Waals surface area contributed by atoms with Crippen molar-refractivity contribution in [2.24, 2.45) is 11.1 Å². The molecule has 0 radical (unpaired) electrons. The van der Waals surface area contributed by atoms with Gasteiger partial charge in [-0.3, -0.25) is 4.79 Å². The third kappa shape index (κ3) is 6.14. The molecule has 8 nitrogen and oxygen atoms in total. The van der Waals surface area contributed by atoms with Crippen LogP contribution in [0.1, 0.15) is 70.6 Å². The van der Waals surface area contributed by atoms with Gasteiger partial charge in [0.2, 0.25) is 15.9 Å². The van der Waals surface area contributed by atoms with E-state index in [-0.39, 0.29) is 41.9 Å². The van der Waals surface area contributed by atoms with Crippen molar-refractivity contribution in [3.05, 3.63) is 4.91 Å². The topological polar surface area (TPSA) is 114 Å². The molecule has 3 fully saturated rings. The van der Waals surface area contributed by atoms with Gasteiger partial charge in [-0.1, -0.05) is 5.18 Å². The Labute approximate surface area is 184 Å². The molecular weight excluding hydrogens is 430 g/mol. The molecule has 0 heterocycles. The minimum atomic E-state index is -3.53. The summed E-state index contributed by atoms with van der Waals surface area (Å²) in [5.41, 5.74) is 0. The number of carbonyl (C=O) groups is 1. The molecule has 3 aliphatic rings. The lowest BCUT2D eigenvalue weighted by Gasteiger charge is -2.35. The minimum absolute atomic E-state index is 0.0718. The summed E-state index contributed by atoms with van der Waals surface area (Å²) >= 11 is 6.43. The summed E-state index contributed by atoms with van der Waals surface area (Å²) in [7, 11) is -1.84. The van der Waals surface area contributed by atoms with E-state index >= 15 is 0 Å². The van der Waals surface area contributed by atoms with E-state index in [1.54, 1.807) is 7.11 Å². The number of nitrogens with one attached hydrogen (secondary N) is 2. The van der Waals surface area contributed by atoms with Gasteiger partial charge in [-0.25, -0.2) is 13.1 Å². The summed E-state index contributed by atoms with van der Waals surface area (Å²) in [5, 5.41) is 5.13. The van der Waals surface area contributed by atoms with Gasteiger partial charge in [-0.05, 0) is 70.6 Å². The van der Waals surface area contributed by atoms with E-state index in [4.69, 9.17) is 16.3 Å². The van der Waals surface area contributed by atoms with Crippen LogP contribution in [0.4, 0.5) is 0 Å². The molecule has 0 aromatic rings. The van der Waals surface area contributed by atoms with Crippen LogP contribution >= 0.6 is 11.6 Å². The zero-order chi connectivity index (χ0) is 21.7. The Morgan fingerprint density at radius 2 is 1.73 bits per heavy atom. The fourth-order valence-electron chi connectivity index (χ4n) is 5.09. The number of carbonyl (C=O) groups excluding carboxylic acids is 1. The molecule has 3 aliphatic carbocycles. The molecule has 0 aromatic heterocycles. The summed E-state index contributed by atoms with van der Waals surface area (Å²) in [6.45, 7) is 0. The first kappa shape index (κ1) is 23.9. The summed E-state index contributed by atoms with van der Waals surface area (Å²) in [4.78, 5) is 23.7. The van der Waals surface area contributed by atoms with Crippen molar-refractivity contribution in [1.82, 2.24) is 10.0 Å². The Hall–Kier alpha value is -0.770. The van der Waals surface area contributed by atoms with E-state index in [9.17, 15) is 18.1 Å². The van der Waals surface area contributed by atoms with Gasteiger partial charge >= 0.3 is 0 Å². The predicted octanol–water partition coefficient (Wildman–Crippen LogP) is 2.83. The molecule has 5 atom stereocenters. The number of nitrogens with zero attached hydrogens (tertiary/aromatic N) is 1. The molecule has 0 saturated heterocycles. The lowest BCUT2D eigenvalue weighted by Crippen LogP contribution is -2.50. The molecule has 10 heteroatoms. The molecule has 2 N–H and O–H groups in total. The molecule has 0 aromatic carbocycles. The minimum Gasteiger partial charge on any atom is -0.381 e. The fraction of sp³-hybridized carbons (Fsp3) is 0.950. The number of ether oxygens (including phenoxy) is 1.